The van der Waals surface area contributed by atoms with Crippen LogP contribution in [0.2, 0.25) is 10.0 Å². The number of aromatic nitrogens is 2. The van der Waals surface area contributed by atoms with Crippen molar-refractivity contribution in [1.29, 1.82) is 0 Å². The quantitative estimate of drug-likeness (QED) is 0.412. The van der Waals surface area contributed by atoms with E-state index in [0.29, 0.717) is 38.3 Å². The zero-order chi connectivity index (χ0) is 22.0. The zero-order valence-corrected chi connectivity index (χ0v) is 18.8. The van der Waals surface area contributed by atoms with Crippen molar-refractivity contribution in [3.8, 4) is 11.1 Å². The second kappa shape index (κ2) is 9.20. The van der Waals surface area contributed by atoms with Crippen LogP contribution in [0.25, 0.3) is 21.3 Å². The van der Waals surface area contributed by atoms with Crippen molar-refractivity contribution in [1.82, 2.24) is 14.9 Å². The first kappa shape index (κ1) is 21.5. The molecule has 0 spiro atoms. The van der Waals surface area contributed by atoms with Crippen molar-refractivity contribution in [2.24, 2.45) is 0 Å². The van der Waals surface area contributed by atoms with Crippen LogP contribution >= 0.6 is 34.5 Å². The molecule has 0 radical (unpaired) electrons. The Labute approximate surface area is 192 Å². The molecule has 0 atom stereocenters. The van der Waals surface area contributed by atoms with Gasteiger partial charge in [-0.2, -0.15) is 0 Å². The smallest absolute Gasteiger partial charge is 0.260 e. The van der Waals surface area contributed by atoms with E-state index in [0.717, 1.165) is 11.1 Å². The predicted molar refractivity (Wildman–Crippen MR) is 127 cm³/mol. The van der Waals surface area contributed by atoms with Gasteiger partial charge in [0.05, 0.1) is 29.2 Å². The summed E-state index contributed by atoms with van der Waals surface area (Å²) in [6, 6.07) is 14.4. The van der Waals surface area contributed by atoms with Crippen molar-refractivity contribution >= 4 is 56.3 Å². The number of hydrogen-bond acceptors (Lipinski definition) is 5. The molecule has 158 valence electrons. The maximum absolute atomic E-state index is 12.8. The third-order valence-corrected chi connectivity index (χ3v) is 6.08. The SMILES string of the molecule is CN(CC(=O)Nc1ccccc1Cl)Cc1nc2scc(-c3ccc(Cl)cc3)c2c(=O)[nH]1. The highest BCUT2D eigenvalue weighted by atomic mass is 35.5. The standard InChI is InChI=1S/C22H18Cl2N4O2S/c1-28(11-19(29)25-17-5-3-2-4-16(17)24)10-18-26-21(30)20-15(12-31-22(20)27-18)13-6-8-14(23)9-7-13/h2-9,12H,10-11H2,1H3,(H,25,29)(H,26,27,30). The zero-order valence-electron chi connectivity index (χ0n) is 16.5. The first-order valence-corrected chi connectivity index (χ1v) is 11.0. The Kier molecular flexibility index (Phi) is 6.38. The van der Waals surface area contributed by atoms with Gasteiger partial charge in [0.25, 0.3) is 5.56 Å². The lowest BCUT2D eigenvalue weighted by atomic mass is 10.1. The number of hydrogen-bond donors (Lipinski definition) is 2. The van der Waals surface area contributed by atoms with Gasteiger partial charge >= 0.3 is 0 Å². The molecule has 2 aromatic carbocycles. The van der Waals surface area contributed by atoms with Crippen LogP contribution in [0, 0.1) is 0 Å². The van der Waals surface area contributed by atoms with Gasteiger partial charge in [0.2, 0.25) is 5.91 Å². The van der Waals surface area contributed by atoms with Crippen LogP contribution in [0.4, 0.5) is 5.69 Å². The molecule has 0 saturated carbocycles. The molecule has 0 bridgehead atoms. The Morgan fingerprint density at radius 2 is 1.90 bits per heavy atom. The summed E-state index contributed by atoms with van der Waals surface area (Å²) >= 11 is 13.5. The monoisotopic (exact) mass is 472 g/mol. The van der Waals surface area contributed by atoms with E-state index in [9.17, 15) is 9.59 Å². The topological polar surface area (TPSA) is 78.1 Å². The van der Waals surface area contributed by atoms with Crippen LogP contribution in [0.5, 0.6) is 0 Å². The maximum atomic E-state index is 12.8. The Bertz CT molecular complexity index is 1300. The summed E-state index contributed by atoms with van der Waals surface area (Å²) in [5.74, 6) is 0.287. The molecule has 0 aliphatic heterocycles. The Morgan fingerprint density at radius 1 is 1.16 bits per heavy atom. The van der Waals surface area contributed by atoms with E-state index < -0.39 is 0 Å². The average molecular weight is 473 g/mol. The lowest BCUT2D eigenvalue weighted by Crippen LogP contribution is -2.31. The molecule has 2 heterocycles. The normalized spacial score (nSPS) is 11.2. The molecule has 0 fully saturated rings. The van der Waals surface area contributed by atoms with Crippen LogP contribution in [0.1, 0.15) is 5.82 Å². The third-order valence-electron chi connectivity index (χ3n) is 4.63. The molecule has 0 aliphatic rings. The number of benzene rings is 2. The van der Waals surface area contributed by atoms with Gasteiger partial charge in [0.15, 0.2) is 0 Å². The van der Waals surface area contributed by atoms with Gasteiger partial charge < -0.3 is 10.3 Å². The molecule has 2 aromatic heterocycles. The number of nitrogens with one attached hydrogen (secondary N) is 2. The summed E-state index contributed by atoms with van der Waals surface area (Å²) in [5, 5.41) is 6.36. The van der Waals surface area contributed by atoms with Crippen molar-refractivity contribution in [2.75, 3.05) is 18.9 Å². The molecule has 9 heteroatoms. The first-order valence-electron chi connectivity index (χ1n) is 9.40. The van der Waals surface area contributed by atoms with Crippen LogP contribution in [-0.2, 0) is 11.3 Å². The Hall–Kier alpha value is -2.71. The number of carbonyl (C=O) groups is 1. The van der Waals surface area contributed by atoms with Gasteiger partial charge in [-0.25, -0.2) is 4.98 Å². The summed E-state index contributed by atoms with van der Waals surface area (Å²) in [5.41, 5.74) is 2.08. The van der Waals surface area contributed by atoms with Gasteiger partial charge in [-0.05, 0) is 36.9 Å². The average Bonchev–Trinajstić information content (AvgIpc) is 3.14. The summed E-state index contributed by atoms with van der Waals surface area (Å²) < 4.78 is 0. The third kappa shape index (κ3) is 4.97. The molecule has 1 amide bonds. The number of amides is 1. The van der Waals surface area contributed by atoms with Crippen LogP contribution in [0.15, 0.2) is 58.7 Å². The Morgan fingerprint density at radius 3 is 2.65 bits per heavy atom. The molecule has 31 heavy (non-hydrogen) atoms. The minimum atomic E-state index is -0.208. The Balaban J connectivity index is 1.49. The summed E-state index contributed by atoms with van der Waals surface area (Å²) in [4.78, 5) is 34.9. The number of fused-ring (bicyclic) bond motifs is 1. The second-order valence-electron chi connectivity index (χ2n) is 7.05. The molecule has 0 saturated heterocycles. The highest BCUT2D eigenvalue weighted by molar-refractivity contribution is 7.17. The van der Waals surface area contributed by atoms with E-state index in [2.05, 4.69) is 15.3 Å². The van der Waals surface area contributed by atoms with Gasteiger partial charge in [0.1, 0.15) is 10.7 Å². The first-order chi connectivity index (χ1) is 14.9. The van der Waals surface area contributed by atoms with E-state index in [4.69, 9.17) is 23.2 Å². The number of H-pyrrole nitrogens is 1. The molecular weight excluding hydrogens is 455 g/mol. The largest absolute Gasteiger partial charge is 0.324 e. The van der Waals surface area contributed by atoms with Gasteiger partial charge in [-0.3, -0.25) is 14.5 Å². The number of rotatable bonds is 6. The number of aromatic amines is 1. The molecule has 4 rings (SSSR count). The summed E-state index contributed by atoms with van der Waals surface area (Å²) in [6.45, 7) is 0.433. The fourth-order valence-electron chi connectivity index (χ4n) is 3.22. The van der Waals surface area contributed by atoms with Crippen molar-refractivity contribution in [3.63, 3.8) is 0 Å². The number of nitrogens with zero attached hydrogens (tertiary/aromatic N) is 2. The number of para-hydroxylation sites is 1. The lowest BCUT2D eigenvalue weighted by Gasteiger charge is -2.16. The maximum Gasteiger partial charge on any atom is 0.260 e. The van der Waals surface area contributed by atoms with Crippen molar-refractivity contribution in [3.05, 3.63) is 80.1 Å². The van der Waals surface area contributed by atoms with Gasteiger partial charge in [-0.15, -0.1) is 11.3 Å². The van der Waals surface area contributed by atoms with Gasteiger partial charge in [-0.1, -0.05) is 47.5 Å². The van der Waals surface area contributed by atoms with Crippen LogP contribution < -0.4 is 10.9 Å². The van der Waals surface area contributed by atoms with E-state index in [1.165, 1.54) is 11.3 Å². The van der Waals surface area contributed by atoms with E-state index in [-0.39, 0.29) is 18.0 Å². The molecule has 0 aliphatic carbocycles. The van der Waals surface area contributed by atoms with Crippen molar-refractivity contribution in [2.45, 2.75) is 6.54 Å². The number of thiophene rings is 1. The highest BCUT2D eigenvalue weighted by Crippen LogP contribution is 2.31. The number of likely N-dealkylation sites (N-methyl/N-ethyl adjacent to an activating group) is 1. The molecule has 4 aromatic rings. The van der Waals surface area contributed by atoms with E-state index in [1.807, 2.05) is 17.5 Å². The number of carbonyl (C=O) groups excluding carboxylic acids is 1. The minimum Gasteiger partial charge on any atom is -0.324 e. The molecule has 0 unspecified atom stereocenters. The molecule has 6 nitrogen and oxygen atoms in total. The lowest BCUT2D eigenvalue weighted by molar-refractivity contribution is -0.117. The highest BCUT2D eigenvalue weighted by Gasteiger charge is 2.15. The fraction of sp³-hybridized carbons (Fsp3) is 0.136. The number of anilines is 1. The van der Waals surface area contributed by atoms with E-state index >= 15 is 0 Å². The van der Waals surface area contributed by atoms with Crippen LogP contribution in [0.3, 0.4) is 0 Å². The fourth-order valence-corrected chi connectivity index (χ4v) is 4.50. The second-order valence-corrected chi connectivity index (χ2v) is 8.75. The summed E-state index contributed by atoms with van der Waals surface area (Å²) in [6.07, 6.45) is 0. The van der Waals surface area contributed by atoms with E-state index in [1.54, 1.807) is 48.3 Å². The molecule has 2 N–H and O–H groups in total. The minimum absolute atomic E-state index is 0.118. The predicted octanol–water partition coefficient (Wildman–Crippen LogP) is 5.03. The van der Waals surface area contributed by atoms with Gasteiger partial charge in [0, 0.05) is 16.0 Å². The van der Waals surface area contributed by atoms with Crippen LogP contribution in [-0.4, -0.2) is 34.4 Å². The molecular formula is C22H18Cl2N4O2S. The summed E-state index contributed by atoms with van der Waals surface area (Å²) in [7, 11) is 1.78. The van der Waals surface area contributed by atoms with Crippen molar-refractivity contribution < 1.29 is 4.79 Å². The number of halogens is 2.